The molecule has 2 aliphatic heterocycles. The molecule has 5 aliphatic carbocycles. The van der Waals surface area contributed by atoms with E-state index in [-0.39, 0.29) is 75.5 Å². The van der Waals surface area contributed by atoms with Gasteiger partial charge >= 0.3 is 12.2 Å². The van der Waals surface area contributed by atoms with Crippen LogP contribution in [0, 0.1) is 56.7 Å². The van der Waals surface area contributed by atoms with Crippen LogP contribution in [0.2, 0.25) is 0 Å². The van der Waals surface area contributed by atoms with Crippen LogP contribution in [0.4, 0.5) is 9.59 Å². The minimum Gasteiger partial charge on any atom is -0.446 e. The summed E-state index contributed by atoms with van der Waals surface area (Å²) in [6.07, 6.45) is 7.88. The van der Waals surface area contributed by atoms with Crippen LogP contribution in [-0.2, 0) is 14.2 Å². The van der Waals surface area contributed by atoms with Crippen molar-refractivity contribution in [1.82, 2.24) is 10.2 Å². The average Bonchev–Trinajstić information content (AvgIpc) is 3.56. The molecule has 2 heterocycles. The van der Waals surface area contributed by atoms with Gasteiger partial charge in [-0.3, -0.25) is 0 Å². The normalized spacial score (nSPS) is 50.5. The third-order valence-electron chi connectivity index (χ3n) is 15.6. The lowest BCUT2D eigenvalue weighted by Gasteiger charge is -2.63. The lowest BCUT2D eigenvalue weighted by molar-refractivity contribution is -0.185. The van der Waals surface area contributed by atoms with Gasteiger partial charge in [-0.25, -0.2) is 9.59 Å². The summed E-state index contributed by atoms with van der Waals surface area (Å²) in [5.74, 6) is 1.78. The number of hydrogen-bond donors (Lipinski definition) is 2. The second-order valence-electron chi connectivity index (χ2n) is 17.6. The summed E-state index contributed by atoms with van der Waals surface area (Å²) >= 11 is 0. The molecule has 248 valence electrons. The Labute approximate surface area is 264 Å². The molecule has 8 nitrogen and oxygen atoms in total. The standard InChI is InChI=1S/C36H58N2O6/c1-20(2)27(44-31(41)38-16-9-17-38)22-18-21(3)26-28(42-22)29(39)34(7)24-11-10-23-32(4,5)25(43-30(40)37-8)12-13-35(23)19-36(24,35)15-14-33(26,34)6/h20-29,39H,9-19H2,1-8H3,(H,37,40)/t21-,22?,23+,24?,25?,26+,27?,28?,29+,33?,34-,35?,36?/m1/s1. The molecule has 5 saturated carbocycles. The molecule has 13 atom stereocenters. The van der Waals surface area contributed by atoms with Crippen LogP contribution in [0.25, 0.3) is 0 Å². The zero-order chi connectivity index (χ0) is 31.6. The van der Waals surface area contributed by atoms with Gasteiger partial charge in [-0.15, -0.1) is 0 Å². The first-order valence-corrected chi connectivity index (χ1v) is 17.9. The number of rotatable bonds is 4. The van der Waals surface area contributed by atoms with E-state index in [1.165, 1.54) is 12.8 Å². The number of alkyl carbamates (subject to hydrolysis) is 1. The maximum Gasteiger partial charge on any atom is 0.410 e. The minimum atomic E-state index is -0.543. The van der Waals surface area contributed by atoms with Crippen molar-refractivity contribution in [1.29, 1.82) is 0 Å². The summed E-state index contributed by atoms with van der Waals surface area (Å²) in [6, 6.07) is 0. The average molecular weight is 615 g/mol. The predicted octanol–water partition coefficient (Wildman–Crippen LogP) is 6.39. The highest BCUT2D eigenvalue weighted by molar-refractivity contribution is 5.68. The van der Waals surface area contributed by atoms with Gasteiger partial charge in [-0.1, -0.05) is 48.5 Å². The number of nitrogens with one attached hydrogen (secondary N) is 1. The lowest BCUT2D eigenvalue weighted by atomic mass is 9.41. The summed E-state index contributed by atoms with van der Waals surface area (Å²) in [6.45, 7) is 17.7. The molecule has 2 N–H and O–H groups in total. The van der Waals surface area contributed by atoms with E-state index in [0.717, 1.165) is 58.0 Å². The molecule has 0 radical (unpaired) electrons. The highest BCUT2D eigenvalue weighted by atomic mass is 16.6. The molecule has 7 rings (SSSR count). The fourth-order valence-corrected chi connectivity index (χ4v) is 13.3. The van der Waals surface area contributed by atoms with Crippen LogP contribution in [0.5, 0.6) is 0 Å². The second kappa shape index (κ2) is 9.98. The van der Waals surface area contributed by atoms with Crippen molar-refractivity contribution in [3.05, 3.63) is 0 Å². The molecule has 8 unspecified atom stereocenters. The summed E-state index contributed by atoms with van der Waals surface area (Å²) in [7, 11) is 1.64. The van der Waals surface area contributed by atoms with E-state index < -0.39 is 6.10 Å². The molecule has 2 spiro atoms. The molecule has 0 bridgehead atoms. The largest absolute Gasteiger partial charge is 0.446 e. The van der Waals surface area contributed by atoms with E-state index in [2.05, 4.69) is 53.8 Å². The van der Waals surface area contributed by atoms with Gasteiger partial charge in [0.1, 0.15) is 12.2 Å². The van der Waals surface area contributed by atoms with Crippen molar-refractivity contribution < 1.29 is 28.9 Å². The van der Waals surface area contributed by atoms with Gasteiger partial charge in [0.05, 0.1) is 18.3 Å². The van der Waals surface area contributed by atoms with Gasteiger partial charge in [0.2, 0.25) is 0 Å². The van der Waals surface area contributed by atoms with Crippen LogP contribution in [0.15, 0.2) is 0 Å². The molecule has 7 fully saturated rings. The van der Waals surface area contributed by atoms with E-state index in [4.69, 9.17) is 14.2 Å². The Morgan fingerprint density at radius 3 is 2.32 bits per heavy atom. The van der Waals surface area contributed by atoms with Crippen molar-refractivity contribution in [2.45, 2.75) is 137 Å². The van der Waals surface area contributed by atoms with Crippen LogP contribution < -0.4 is 5.32 Å². The van der Waals surface area contributed by atoms with Crippen LogP contribution in [-0.4, -0.2) is 72.8 Å². The van der Waals surface area contributed by atoms with Crippen LogP contribution in [0.3, 0.4) is 0 Å². The van der Waals surface area contributed by atoms with E-state index in [1.54, 1.807) is 11.9 Å². The topological polar surface area (TPSA) is 97.3 Å². The van der Waals surface area contributed by atoms with Crippen LogP contribution >= 0.6 is 0 Å². The number of ether oxygens (including phenoxy) is 3. The first-order valence-electron chi connectivity index (χ1n) is 17.9. The quantitative estimate of drug-likeness (QED) is 0.381. The van der Waals surface area contributed by atoms with Crippen molar-refractivity contribution in [3.63, 3.8) is 0 Å². The number of likely N-dealkylation sites (tertiary alicyclic amines) is 1. The first-order chi connectivity index (χ1) is 20.7. The number of hydrogen-bond acceptors (Lipinski definition) is 6. The Morgan fingerprint density at radius 2 is 1.68 bits per heavy atom. The van der Waals surface area contributed by atoms with E-state index in [1.807, 2.05) is 0 Å². The first kappa shape index (κ1) is 31.1. The summed E-state index contributed by atoms with van der Waals surface area (Å²) in [5.41, 5.74) is 0.212. The van der Waals surface area contributed by atoms with Gasteiger partial charge in [-0.2, -0.15) is 0 Å². The zero-order valence-corrected chi connectivity index (χ0v) is 28.5. The van der Waals surface area contributed by atoms with Gasteiger partial charge in [0.15, 0.2) is 0 Å². The number of aliphatic hydroxyl groups excluding tert-OH is 1. The Morgan fingerprint density at radius 1 is 1.00 bits per heavy atom. The number of fused-ring (bicyclic) bond motifs is 4. The summed E-state index contributed by atoms with van der Waals surface area (Å²) in [4.78, 5) is 26.9. The van der Waals surface area contributed by atoms with E-state index in [0.29, 0.717) is 17.8 Å². The zero-order valence-electron chi connectivity index (χ0n) is 28.5. The molecule has 44 heavy (non-hydrogen) atoms. The monoisotopic (exact) mass is 614 g/mol. The number of carbonyl (C=O) groups excluding carboxylic acids is 2. The van der Waals surface area contributed by atoms with Crippen molar-refractivity contribution in [3.8, 4) is 0 Å². The van der Waals surface area contributed by atoms with Gasteiger partial charge in [-0.05, 0) is 104 Å². The minimum absolute atomic E-state index is 0.00924. The fraction of sp³-hybridized carbons (Fsp3) is 0.944. The third-order valence-corrected chi connectivity index (χ3v) is 15.6. The molecule has 7 aliphatic rings. The molecule has 2 saturated heterocycles. The Hall–Kier alpha value is -1.54. The molecule has 2 amide bonds. The molecule has 0 aromatic heterocycles. The van der Waals surface area contributed by atoms with Crippen molar-refractivity contribution in [2.24, 2.45) is 56.7 Å². The second-order valence-corrected chi connectivity index (χ2v) is 17.6. The Kier molecular flexibility index (Phi) is 7.05. The fourth-order valence-electron chi connectivity index (χ4n) is 13.3. The molecule has 0 aromatic carbocycles. The smallest absolute Gasteiger partial charge is 0.410 e. The lowest BCUT2D eigenvalue weighted by Crippen LogP contribution is -2.60. The highest BCUT2D eigenvalue weighted by Gasteiger charge is 2.84. The predicted molar refractivity (Wildman–Crippen MR) is 167 cm³/mol. The van der Waals surface area contributed by atoms with Gasteiger partial charge in [0.25, 0.3) is 0 Å². The van der Waals surface area contributed by atoms with E-state index in [9.17, 15) is 14.7 Å². The molecular weight excluding hydrogens is 556 g/mol. The Bertz CT molecular complexity index is 1190. The van der Waals surface area contributed by atoms with Crippen LogP contribution in [0.1, 0.15) is 106 Å². The SMILES string of the molecule is CNC(=O)OC1CCC23CC24CCC2(C)[C@@H]5C(OC(C(OC(=O)N6CCC6)C(C)C)C[C@H]5C)[C@H](O)[C@@]2(C)C4CC[C@H]3C1(C)C. The molecular formula is C36H58N2O6. The van der Waals surface area contributed by atoms with Crippen molar-refractivity contribution in [2.75, 3.05) is 20.1 Å². The molecule has 0 aromatic rings. The Balaban J connectivity index is 1.15. The van der Waals surface area contributed by atoms with Gasteiger partial charge in [0, 0.05) is 31.0 Å². The van der Waals surface area contributed by atoms with E-state index >= 15 is 0 Å². The number of carbonyl (C=O) groups is 2. The summed E-state index contributed by atoms with van der Waals surface area (Å²) < 4.78 is 19.1. The third kappa shape index (κ3) is 3.82. The maximum absolute atomic E-state index is 12.9. The van der Waals surface area contributed by atoms with Gasteiger partial charge < -0.3 is 29.5 Å². The van der Waals surface area contributed by atoms with Crippen molar-refractivity contribution >= 4 is 12.2 Å². The summed E-state index contributed by atoms with van der Waals surface area (Å²) in [5, 5.41) is 15.2. The molecule has 8 heteroatoms. The highest BCUT2D eigenvalue weighted by Crippen LogP contribution is 2.89. The number of nitrogens with zero attached hydrogens (tertiary/aromatic N) is 1. The number of aliphatic hydroxyl groups is 1. The number of amides is 2. The maximum atomic E-state index is 12.9.